The molecule has 3 aromatic rings. The fourth-order valence-corrected chi connectivity index (χ4v) is 3.68. The summed E-state index contributed by atoms with van der Waals surface area (Å²) >= 11 is 2.49. The molecule has 1 amide bonds. The van der Waals surface area contributed by atoms with Crippen molar-refractivity contribution in [3.63, 3.8) is 0 Å². The first kappa shape index (κ1) is 18.1. The van der Waals surface area contributed by atoms with Gasteiger partial charge in [0, 0.05) is 21.8 Å². The number of hydrogen-bond acceptors (Lipinski definition) is 8. The van der Waals surface area contributed by atoms with E-state index in [9.17, 15) is 14.9 Å². The highest BCUT2D eigenvalue weighted by atomic mass is 32.2. The number of anilines is 1. The molecule has 0 aliphatic rings. The highest BCUT2D eigenvalue weighted by molar-refractivity contribution is 7.99. The van der Waals surface area contributed by atoms with E-state index in [0.29, 0.717) is 5.25 Å². The molecule has 0 spiro atoms. The van der Waals surface area contributed by atoms with Crippen LogP contribution in [-0.4, -0.2) is 26.3 Å². The lowest BCUT2D eigenvalue weighted by molar-refractivity contribution is -0.380. The number of benzene rings is 1. The van der Waals surface area contributed by atoms with E-state index in [-0.39, 0.29) is 21.8 Å². The Morgan fingerprint density at radius 3 is 2.81 bits per heavy atom. The molecular formula is C16H14N4O4S2. The predicted molar refractivity (Wildman–Crippen MR) is 99.7 cm³/mol. The second kappa shape index (κ2) is 7.67. The molecule has 10 heteroatoms. The molecule has 2 aromatic heterocycles. The summed E-state index contributed by atoms with van der Waals surface area (Å²) < 4.78 is 5.48. The minimum atomic E-state index is -0.547. The number of rotatable bonds is 6. The molecule has 0 aliphatic heterocycles. The van der Waals surface area contributed by atoms with E-state index in [1.807, 2.05) is 24.3 Å². The van der Waals surface area contributed by atoms with Gasteiger partial charge in [0.1, 0.15) is 0 Å². The lowest BCUT2D eigenvalue weighted by Gasteiger charge is -2.05. The van der Waals surface area contributed by atoms with Crippen molar-refractivity contribution in [3.05, 3.63) is 51.4 Å². The molecule has 1 N–H and O–H groups in total. The van der Waals surface area contributed by atoms with Crippen molar-refractivity contribution in [2.45, 2.75) is 24.0 Å². The molecule has 0 unspecified atom stereocenters. The number of carbonyl (C=O) groups is 1. The summed E-state index contributed by atoms with van der Waals surface area (Å²) in [6, 6.07) is 10.3. The number of thioether (sulfide) groups is 1. The number of aromatic nitrogens is 2. The van der Waals surface area contributed by atoms with Crippen LogP contribution in [0.3, 0.4) is 0 Å². The first-order valence-corrected chi connectivity index (χ1v) is 9.28. The SMILES string of the molecule is CC(C)Sc1cccc(-c2nnc(NC(=O)c3ccc([N+](=O)[O-])s3)o2)c1. The van der Waals surface area contributed by atoms with Gasteiger partial charge in [-0.15, -0.1) is 16.9 Å². The van der Waals surface area contributed by atoms with Crippen LogP contribution in [0.2, 0.25) is 0 Å². The Labute approximate surface area is 156 Å². The van der Waals surface area contributed by atoms with E-state index in [4.69, 9.17) is 4.42 Å². The summed E-state index contributed by atoms with van der Waals surface area (Å²) in [5.41, 5.74) is 0.746. The molecule has 0 saturated heterocycles. The fourth-order valence-electron chi connectivity index (χ4n) is 2.07. The average molecular weight is 390 g/mol. The number of nitrogens with one attached hydrogen (secondary N) is 1. The Morgan fingerprint density at radius 1 is 1.31 bits per heavy atom. The lowest BCUT2D eigenvalue weighted by Crippen LogP contribution is -2.10. The fraction of sp³-hybridized carbons (Fsp3) is 0.188. The molecule has 0 atom stereocenters. The van der Waals surface area contributed by atoms with E-state index < -0.39 is 10.8 Å². The summed E-state index contributed by atoms with van der Waals surface area (Å²) in [6.45, 7) is 4.21. The van der Waals surface area contributed by atoms with Crippen LogP contribution in [0.4, 0.5) is 11.0 Å². The number of thiophene rings is 1. The van der Waals surface area contributed by atoms with E-state index >= 15 is 0 Å². The standard InChI is InChI=1S/C16H14N4O4S2/c1-9(2)25-11-5-3-4-10(8-11)15-18-19-16(24-15)17-14(21)12-6-7-13(26-12)20(22)23/h3-9H,1-2H3,(H,17,19,21). The van der Waals surface area contributed by atoms with E-state index in [2.05, 4.69) is 29.4 Å². The van der Waals surface area contributed by atoms with Gasteiger partial charge in [0.2, 0.25) is 5.89 Å². The van der Waals surface area contributed by atoms with Crippen LogP contribution in [0.1, 0.15) is 23.5 Å². The van der Waals surface area contributed by atoms with Gasteiger partial charge in [-0.1, -0.05) is 36.3 Å². The number of nitrogens with zero attached hydrogens (tertiary/aromatic N) is 3. The van der Waals surface area contributed by atoms with Crippen LogP contribution < -0.4 is 5.32 Å². The largest absolute Gasteiger partial charge is 0.403 e. The van der Waals surface area contributed by atoms with Gasteiger partial charge < -0.3 is 4.42 Å². The Morgan fingerprint density at radius 2 is 2.12 bits per heavy atom. The van der Waals surface area contributed by atoms with Gasteiger partial charge in [-0.2, -0.15) is 0 Å². The van der Waals surface area contributed by atoms with Gasteiger partial charge in [0.05, 0.1) is 9.80 Å². The number of carbonyl (C=O) groups excluding carboxylic acids is 1. The maximum atomic E-state index is 12.1. The van der Waals surface area contributed by atoms with Crippen molar-refractivity contribution in [2.75, 3.05) is 5.32 Å². The first-order chi connectivity index (χ1) is 12.4. The Hall–Kier alpha value is -2.72. The summed E-state index contributed by atoms with van der Waals surface area (Å²) in [4.78, 5) is 23.5. The summed E-state index contributed by atoms with van der Waals surface area (Å²) in [5, 5.41) is 21.2. The number of amides is 1. The number of nitro groups is 1. The molecule has 0 fully saturated rings. The molecule has 0 saturated carbocycles. The van der Waals surface area contributed by atoms with Crippen molar-refractivity contribution >= 4 is 40.0 Å². The van der Waals surface area contributed by atoms with Crippen molar-refractivity contribution in [1.82, 2.24) is 10.2 Å². The Balaban J connectivity index is 1.73. The van der Waals surface area contributed by atoms with E-state index in [1.54, 1.807) is 11.8 Å². The minimum absolute atomic E-state index is 0.0667. The zero-order valence-corrected chi connectivity index (χ0v) is 15.5. The summed E-state index contributed by atoms with van der Waals surface area (Å²) in [5.74, 6) is -0.258. The number of hydrogen-bond donors (Lipinski definition) is 1. The molecule has 8 nitrogen and oxygen atoms in total. The second-order valence-corrected chi connectivity index (χ2v) is 8.17. The van der Waals surface area contributed by atoms with Gasteiger partial charge >= 0.3 is 11.0 Å². The molecule has 134 valence electrons. The Kier molecular flexibility index (Phi) is 5.33. The second-order valence-electron chi connectivity index (χ2n) is 5.46. The third-order valence-electron chi connectivity index (χ3n) is 3.09. The van der Waals surface area contributed by atoms with Gasteiger partial charge in [-0.05, 0) is 24.3 Å². The van der Waals surface area contributed by atoms with Gasteiger partial charge in [0.15, 0.2) is 0 Å². The third-order valence-corrected chi connectivity index (χ3v) is 5.13. The van der Waals surface area contributed by atoms with Crippen LogP contribution in [0, 0.1) is 10.1 Å². The zero-order chi connectivity index (χ0) is 18.7. The van der Waals surface area contributed by atoms with E-state index in [1.165, 1.54) is 12.1 Å². The van der Waals surface area contributed by atoms with Crippen LogP contribution in [0.15, 0.2) is 45.7 Å². The smallest absolute Gasteiger partial charge is 0.324 e. The zero-order valence-electron chi connectivity index (χ0n) is 13.8. The van der Waals surface area contributed by atoms with Crippen LogP contribution in [0.5, 0.6) is 0 Å². The maximum absolute atomic E-state index is 12.1. The van der Waals surface area contributed by atoms with Gasteiger partial charge in [-0.25, -0.2) is 0 Å². The molecule has 2 heterocycles. The topological polar surface area (TPSA) is 111 Å². The molecule has 1 aromatic carbocycles. The average Bonchev–Trinajstić information content (AvgIpc) is 3.24. The van der Waals surface area contributed by atoms with Crippen molar-refractivity contribution in [2.24, 2.45) is 0 Å². The maximum Gasteiger partial charge on any atom is 0.324 e. The molecule has 3 rings (SSSR count). The van der Waals surface area contributed by atoms with Crippen LogP contribution >= 0.6 is 23.1 Å². The van der Waals surface area contributed by atoms with Crippen LogP contribution in [0.25, 0.3) is 11.5 Å². The molecule has 26 heavy (non-hydrogen) atoms. The normalized spacial score (nSPS) is 10.9. The lowest BCUT2D eigenvalue weighted by atomic mass is 10.2. The first-order valence-electron chi connectivity index (χ1n) is 7.58. The van der Waals surface area contributed by atoms with E-state index in [0.717, 1.165) is 21.8 Å². The quantitative estimate of drug-likeness (QED) is 0.376. The van der Waals surface area contributed by atoms with Crippen molar-refractivity contribution < 1.29 is 14.1 Å². The molecule has 0 radical (unpaired) electrons. The van der Waals surface area contributed by atoms with Crippen molar-refractivity contribution in [1.29, 1.82) is 0 Å². The van der Waals surface area contributed by atoms with Crippen LogP contribution in [-0.2, 0) is 0 Å². The summed E-state index contributed by atoms with van der Waals surface area (Å²) in [7, 11) is 0. The predicted octanol–water partition coefficient (Wildman–Crippen LogP) is 4.46. The third kappa shape index (κ3) is 4.27. The molecule has 0 aliphatic carbocycles. The monoisotopic (exact) mass is 390 g/mol. The van der Waals surface area contributed by atoms with Gasteiger partial charge in [0.25, 0.3) is 5.91 Å². The summed E-state index contributed by atoms with van der Waals surface area (Å²) in [6.07, 6.45) is 0. The molecular weight excluding hydrogens is 376 g/mol. The minimum Gasteiger partial charge on any atom is -0.403 e. The van der Waals surface area contributed by atoms with Crippen molar-refractivity contribution in [3.8, 4) is 11.5 Å². The highest BCUT2D eigenvalue weighted by Crippen LogP contribution is 2.29. The molecule has 0 bridgehead atoms. The highest BCUT2D eigenvalue weighted by Gasteiger charge is 2.18. The van der Waals surface area contributed by atoms with Gasteiger partial charge in [-0.3, -0.25) is 20.2 Å². The Bertz CT molecular complexity index is 951.